The Morgan fingerprint density at radius 2 is 1.79 bits per heavy atom. The van der Waals surface area contributed by atoms with E-state index in [1.165, 1.54) is 17.8 Å². The van der Waals surface area contributed by atoms with E-state index in [1.54, 1.807) is 12.1 Å². The Balaban J connectivity index is 1.89. The van der Waals surface area contributed by atoms with Gasteiger partial charge in [-0.2, -0.15) is 13.2 Å². The van der Waals surface area contributed by atoms with Crippen LogP contribution in [-0.4, -0.2) is 17.7 Å². The highest BCUT2D eigenvalue weighted by molar-refractivity contribution is 5.87. The summed E-state index contributed by atoms with van der Waals surface area (Å²) in [5, 5.41) is 4.43. The average Bonchev–Trinajstić information content (AvgIpc) is 2.74. The zero-order chi connectivity index (χ0) is 16.7. The lowest BCUT2D eigenvalue weighted by Gasteiger charge is -2.13. The van der Waals surface area contributed by atoms with E-state index >= 15 is 0 Å². The highest BCUT2D eigenvalue weighted by atomic mass is 19.4. The van der Waals surface area contributed by atoms with Crippen LogP contribution >= 0.6 is 0 Å². The van der Waals surface area contributed by atoms with E-state index in [-0.39, 0.29) is 5.56 Å². The van der Waals surface area contributed by atoms with Gasteiger partial charge in [0.1, 0.15) is 0 Å². The van der Waals surface area contributed by atoms with Crippen molar-refractivity contribution in [1.29, 1.82) is 0 Å². The van der Waals surface area contributed by atoms with Crippen molar-refractivity contribution in [3.63, 3.8) is 0 Å². The summed E-state index contributed by atoms with van der Waals surface area (Å²) in [7, 11) is 0. The number of nitrogens with zero attached hydrogens (tertiary/aromatic N) is 1. The van der Waals surface area contributed by atoms with Crippen LogP contribution in [-0.2, 0) is 19.1 Å². The van der Waals surface area contributed by atoms with Crippen molar-refractivity contribution in [2.24, 2.45) is 0 Å². The molecule has 0 saturated carbocycles. The molecule has 3 aromatic rings. The van der Waals surface area contributed by atoms with Gasteiger partial charge in [0.05, 0.1) is 5.56 Å². The molecule has 2 heterocycles. The molecule has 124 valence electrons. The third kappa shape index (κ3) is 2.59. The lowest BCUT2D eigenvalue weighted by atomic mass is 9.98. The summed E-state index contributed by atoms with van der Waals surface area (Å²) in [6.45, 7) is 2.64. The largest absolute Gasteiger partial charge is 0.417 e. The van der Waals surface area contributed by atoms with Crippen LogP contribution in [0.1, 0.15) is 11.3 Å². The molecule has 2 nitrogen and oxygen atoms in total. The fraction of sp³-hybridized carbons (Fsp3) is 0.263. The molecule has 1 aliphatic heterocycles. The van der Waals surface area contributed by atoms with Crippen LogP contribution in [0.15, 0.2) is 48.5 Å². The van der Waals surface area contributed by atoms with Gasteiger partial charge in [0, 0.05) is 37.3 Å². The number of nitrogens with one attached hydrogen (secondary N) is 1. The van der Waals surface area contributed by atoms with E-state index in [1.807, 2.05) is 12.1 Å². The monoisotopic (exact) mass is 330 g/mol. The molecule has 0 fully saturated rings. The van der Waals surface area contributed by atoms with Gasteiger partial charge in [-0.1, -0.05) is 30.3 Å². The Morgan fingerprint density at radius 3 is 2.62 bits per heavy atom. The molecular weight excluding hydrogens is 313 g/mol. The maximum absolute atomic E-state index is 13.3. The second-order valence-corrected chi connectivity index (χ2v) is 6.10. The summed E-state index contributed by atoms with van der Waals surface area (Å²) in [4.78, 5) is 0. The van der Waals surface area contributed by atoms with E-state index in [9.17, 15) is 13.2 Å². The van der Waals surface area contributed by atoms with Gasteiger partial charge in [0.25, 0.3) is 0 Å². The van der Waals surface area contributed by atoms with Gasteiger partial charge < -0.3 is 9.88 Å². The summed E-state index contributed by atoms with van der Waals surface area (Å²) in [5.74, 6) is 0. The molecular formula is C19H17F3N2. The topological polar surface area (TPSA) is 17.0 Å². The molecule has 4 rings (SSSR count). The van der Waals surface area contributed by atoms with Crippen molar-refractivity contribution >= 4 is 10.9 Å². The number of rotatable bonds is 1. The average molecular weight is 330 g/mol. The molecule has 1 aromatic heterocycles. The first kappa shape index (κ1) is 15.3. The third-order valence-electron chi connectivity index (χ3n) is 4.60. The summed E-state index contributed by atoms with van der Waals surface area (Å²) < 4.78 is 42.1. The zero-order valence-corrected chi connectivity index (χ0v) is 13.0. The predicted molar refractivity (Wildman–Crippen MR) is 88.9 cm³/mol. The van der Waals surface area contributed by atoms with Gasteiger partial charge in [0.15, 0.2) is 0 Å². The number of hydrogen-bond donors (Lipinski definition) is 1. The predicted octanol–water partition coefficient (Wildman–Crippen LogP) is 4.47. The van der Waals surface area contributed by atoms with Gasteiger partial charge in [-0.15, -0.1) is 0 Å². The van der Waals surface area contributed by atoms with Crippen LogP contribution < -0.4 is 5.32 Å². The Hall–Kier alpha value is -2.27. The Bertz CT molecular complexity index is 893. The molecule has 0 amide bonds. The molecule has 1 N–H and O–H groups in total. The second-order valence-electron chi connectivity index (χ2n) is 6.10. The Morgan fingerprint density at radius 1 is 0.958 bits per heavy atom. The third-order valence-corrected chi connectivity index (χ3v) is 4.60. The minimum atomic E-state index is -4.36. The smallest absolute Gasteiger partial charge is 0.343 e. The maximum Gasteiger partial charge on any atom is 0.417 e. The van der Waals surface area contributed by atoms with Crippen molar-refractivity contribution in [3.8, 4) is 11.1 Å². The Kier molecular flexibility index (Phi) is 3.61. The molecule has 0 aliphatic carbocycles. The lowest BCUT2D eigenvalue weighted by molar-refractivity contribution is -0.137. The van der Waals surface area contributed by atoms with Crippen LogP contribution in [0.25, 0.3) is 22.0 Å². The maximum atomic E-state index is 13.3. The highest BCUT2D eigenvalue weighted by Gasteiger charge is 2.33. The number of benzene rings is 2. The summed E-state index contributed by atoms with van der Waals surface area (Å²) in [5.41, 5.74) is 2.48. The van der Waals surface area contributed by atoms with E-state index < -0.39 is 11.7 Å². The summed E-state index contributed by atoms with van der Waals surface area (Å²) in [6, 6.07) is 13.5. The first-order chi connectivity index (χ1) is 11.5. The van der Waals surface area contributed by atoms with Crippen LogP contribution in [0.3, 0.4) is 0 Å². The van der Waals surface area contributed by atoms with Crippen molar-refractivity contribution in [3.05, 3.63) is 59.8 Å². The normalized spacial score (nSPS) is 15.3. The quantitative estimate of drug-likeness (QED) is 0.696. The van der Waals surface area contributed by atoms with Crippen molar-refractivity contribution in [2.75, 3.05) is 13.1 Å². The zero-order valence-electron chi connectivity index (χ0n) is 13.0. The summed E-state index contributed by atoms with van der Waals surface area (Å²) in [6.07, 6.45) is -3.42. The highest BCUT2D eigenvalue weighted by Crippen LogP contribution is 2.38. The van der Waals surface area contributed by atoms with Crippen molar-refractivity contribution in [1.82, 2.24) is 9.88 Å². The molecule has 0 radical (unpaired) electrons. The number of alkyl halides is 3. The van der Waals surface area contributed by atoms with Gasteiger partial charge in [0.2, 0.25) is 0 Å². The van der Waals surface area contributed by atoms with E-state index in [2.05, 4.69) is 16.0 Å². The van der Waals surface area contributed by atoms with E-state index in [0.717, 1.165) is 43.0 Å². The van der Waals surface area contributed by atoms with Crippen molar-refractivity contribution in [2.45, 2.75) is 19.1 Å². The second kappa shape index (κ2) is 5.67. The van der Waals surface area contributed by atoms with Crippen LogP contribution in [0.5, 0.6) is 0 Å². The molecule has 0 saturated heterocycles. The van der Waals surface area contributed by atoms with Gasteiger partial charge in [-0.3, -0.25) is 0 Å². The molecule has 2 aromatic carbocycles. The Labute approximate surface area is 137 Å². The molecule has 24 heavy (non-hydrogen) atoms. The molecule has 0 unspecified atom stereocenters. The number of halogens is 3. The molecule has 0 atom stereocenters. The molecule has 0 bridgehead atoms. The van der Waals surface area contributed by atoms with Gasteiger partial charge in [-0.25, -0.2) is 0 Å². The molecule has 0 spiro atoms. The van der Waals surface area contributed by atoms with Crippen LogP contribution in [0.2, 0.25) is 0 Å². The first-order valence-corrected chi connectivity index (χ1v) is 8.03. The fourth-order valence-electron chi connectivity index (χ4n) is 3.46. The summed E-state index contributed by atoms with van der Waals surface area (Å²) >= 11 is 0. The minimum absolute atomic E-state index is 0.231. The lowest BCUT2D eigenvalue weighted by Crippen LogP contribution is -2.17. The number of fused-ring (bicyclic) bond motifs is 3. The van der Waals surface area contributed by atoms with E-state index in [0.29, 0.717) is 5.56 Å². The number of aromatic nitrogens is 1. The molecule has 1 aliphatic rings. The first-order valence-electron chi connectivity index (χ1n) is 8.03. The fourth-order valence-corrected chi connectivity index (χ4v) is 3.46. The SMILES string of the molecule is FC(F)(F)c1ccccc1-c1ccc2cc3n(c2c1)CCNCC3. The van der Waals surface area contributed by atoms with Gasteiger partial charge >= 0.3 is 6.18 Å². The van der Waals surface area contributed by atoms with E-state index in [4.69, 9.17) is 0 Å². The molecule has 5 heteroatoms. The number of hydrogen-bond acceptors (Lipinski definition) is 1. The minimum Gasteiger partial charge on any atom is -0.343 e. The standard InChI is InChI=1S/C19H17F3N2/c20-19(21,22)17-4-2-1-3-16(17)13-5-6-14-11-15-7-8-23-9-10-24(15)18(14)12-13/h1-6,11-12,23H,7-10H2. The van der Waals surface area contributed by atoms with Crippen LogP contribution in [0, 0.1) is 0 Å². The van der Waals surface area contributed by atoms with Crippen LogP contribution in [0.4, 0.5) is 13.2 Å². The van der Waals surface area contributed by atoms with Gasteiger partial charge in [-0.05, 0) is 34.7 Å². The van der Waals surface area contributed by atoms with Crippen molar-refractivity contribution < 1.29 is 13.2 Å².